The molecule has 0 saturated heterocycles. The van der Waals surface area contributed by atoms with Crippen LogP contribution >= 0.6 is 22.3 Å². The van der Waals surface area contributed by atoms with E-state index in [0.717, 1.165) is 24.8 Å². The summed E-state index contributed by atoms with van der Waals surface area (Å²) in [6.07, 6.45) is 3.05. The number of rotatable bonds is 4. The Balaban J connectivity index is 2.99. The first-order valence-corrected chi connectivity index (χ1v) is 7.37. The van der Waals surface area contributed by atoms with Crippen LogP contribution in [0, 0.1) is 0 Å². The largest absolute Gasteiger partial charge is 0.262 e. The minimum Gasteiger partial charge on any atom is -0.207 e. The van der Waals surface area contributed by atoms with E-state index < -0.39 is 9.05 Å². The van der Waals surface area contributed by atoms with Gasteiger partial charge in [-0.05, 0) is 30.5 Å². The van der Waals surface area contributed by atoms with Crippen molar-refractivity contribution in [1.29, 1.82) is 0 Å². The molecule has 84 valence electrons. The Morgan fingerprint density at radius 2 is 2.00 bits per heavy atom. The van der Waals surface area contributed by atoms with E-state index in [1.807, 2.05) is 0 Å². The van der Waals surface area contributed by atoms with E-state index in [9.17, 15) is 8.42 Å². The highest BCUT2D eigenvalue weighted by Crippen LogP contribution is 2.26. The molecule has 0 atom stereocenters. The summed E-state index contributed by atoms with van der Waals surface area (Å²) in [7, 11) is 1.48. The third-order valence-corrected chi connectivity index (χ3v) is 3.88. The van der Waals surface area contributed by atoms with E-state index in [0.29, 0.717) is 0 Å². The zero-order chi connectivity index (χ0) is 11.5. The number of halogens is 2. The first-order chi connectivity index (χ1) is 6.95. The van der Waals surface area contributed by atoms with Crippen LogP contribution in [0.25, 0.3) is 0 Å². The lowest BCUT2D eigenvalue weighted by Crippen LogP contribution is -1.93. The Labute approximate surface area is 99.6 Å². The summed E-state index contributed by atoms with van der Waals surface area (Å²) in [4.78, 5) is -0.0221. The van der Waals surface area contributed by atoms with Crippen molar-refractivity contribution in [3.05, 3.63) is 28.8 Å². The molecule has 0 amide bonds. The summed E-state index contributed by atoms with van der Waals surface area (Å²) < 4.78 is 22.1. The molecular formula is C10H12Cl2O2S. The van der Waals surface area contributed by atoms with Crippen LogP contribution < -0.4 is 0 Å². The van der Waals surface area contributed by atoms with Crippen LogP contribution in [0.15, 0.2) is 23.1 Å². The Hall–Kier alpha value is -0.250. The fourth-order valence-electron chi connectivity index (χ4n) is 1.28. The number of benzene rings is 1. The fraction of sp³-hybridized carbons (Fsp3) is 0.400. The molecule has 0 aliphatic rings. The van der Waals surface area contributed by atoms with Crippen LogP contribution in [0.4, 0.5) is 0 Å². The Morgan fingerprint density at radius 3 is 2.47 bits per heavy atom. The Kier molecular flexibility index (Phi) is 4.44. The summed E-state index contributed by atoms with van der Waals surface area (Å²) in [5, 5.41) is 0.193. The van der Waals surface area contributed by atoms with Crippen LogP contribution in [0.3, 0.4) is 0 Å². The van der Waals surface area contributed by atoms with E-state index in [1.165, 1.54) is 6.07 Å². The van der Waals surface area contributed by atoms with Gasteiger partial charge in [-0.3, -0.25) is 0 Å². The van der Waals surface area contributed by atoms with Crippen molar-refractivity contribution in [3.63, 3.8) is 0 Å². The van der Waals surface area contributed by atoms with E-state index >= 15 is 0 Å². The number of hydrogen-bond donors (Lipinski definition) is 0. The molecule has 0 aliphatic carbocycles. The minimum absolute atomic E-state index is 0.0221. The van der Waals surface area contributed by atoms with Crippen LogP contribution in [0.2, 0.25) is 5.02 Å². The number of hydrogen-bond acceptors (Lipinski definition) is 2. The minimum atomic E-state index is -3.73. The summed E-state index contributed by atoms with van der Waals surface area (Å²) in [6.45, 7) is 2.10. The highest BCUT2D eigenvalue weighted by atomic mass is 35.7. The molecule has 1 aromatic rings. The molecule has 0 saturated carbocycles. The van der Waals surface area contributed by atoms with Crippen molar-refractivity contribution < 1.29 is 8.42 Å². The molecule has 2 nitrogen and oxygen atoms in total. The average molecular weight is 267 g/mol. The lowest BCUT2D eigenvalue weighted by molar-refractivity contribution is 0.609. The molecule has 0 N–H and O–H groups in total. The standard InChI is InChI=1S/C10H12Cl2O2S/c1-2-3-4-8-5-6-10(9(11)7-8)15(12,13)14/h5-7H,2-4H2,1H3. The summed E-state index contributed by atoms with van der Waals surface area (Å²) in [5.74, 6) is 0. The van der Waals surface area contributed by atoms with Crippen molar-refractivity contribution in [3.8, 4) is 0 Å². The molecule has 1 aromatic carbocycles. The van der Waals surface area contributed by atoms with E-state index in [1.54, 1.807) is 12.1 Å². The van der Waals surface area contributed by atoms with Crippen LogP contribution in [-0.2, 0) is 15.5 Å². The predicted octanol–water partition coefficient (Wildman–Crippen LogP) is 3.61. The van der Waals surface area contributed by atoms with Crippen LogP contribution in [0.5, 0.6) is 0 Å². The molecule has 0 aromatic heterocycles. The quantitative estimate of drug-likeness (QED) is 0.781. The topological polar surface area (TPSA) is 34.1 Å². The molecule has 0 radical (unpaired) electrons. The lowest BCUT2D eigenvalue weighted by Gasteiger charge is -2.03. The normalized spacial score (nSPS) is 11.7. The number of aryl methyl sites for hydroxylation is 1. The molecule has 0 aliphatic heterocycles. The molecule has 5 heteroatoms. The second kappa shape index (κ2) is 5.19. The van der Waals surface area contributed by atoms with Gasteiger partial charge in [0.1, 0.15) is 4.90 Å². The van der Waals surface area contributed by atoms with Gasteiger partial charge in [0, 0.05) is 10.7 Å². The highest BCUT2D eigenvalue weighted by molar-refractivity contribution is 8.13. The molecule has 15 heavy (non-hydrogen) atoms. The zero-order valence-electron chi connectivity index (χ0n) is 8.33. The van der Waals surface area contributed by atoms with E-state index in [4.69, 9.17) is 22.3 Å². The highest BCUT2D eigenvalue weighted by Gasteiger charge is 2.14. The molecular weight excluding hydrogens is 255 g/mol. The smallest absolute Gasteiger partial charge is 0.207 e. The number of unbranched alkanes of at least 4 members (excludes halogenated alkanes) is 1. The van der Waals surface area contributed by atoms with E-state index in [2.05, 4.69) is 6.92 Å². The zero-order valence-corrected chi connectivity index (χ0v) is 10.7. The summed E-state index contributed by atoms with van der Waals surface area (Å²) in [5.41, 5.74) is 1.03. The van der Waals surface area contributed by atoms with Crippen LogP contribution in [-0.4, -0.2) is 8.42 Å². The maximum atomic E-state index is 11.1. The first-order valence-electron chi connectivity index (χ1n) is 4.68. The van der Waals surface area contributed by atoms with Gasteiger partial charge >= 0.3 is 0 Å². The van der Waals surface area contributed by atoms with E-state index in [-0.39, 0.29) is 9.92 Å². The molecule has 0 bridgehead atoms. The monoisotopic (exact) mass is 266 g/mol. The van der Waals surface area contributed by atoms with Crippen molar-refractivity contribution in [2.24, 2.45) is 0 Å². The molecule has 0 spiro atoms. The Bertz CT molecular complexity index is 441. The SMILES string of the molecule is CCCCc1ccc(S(=O)(=O)Cl)c(Cl)c1. The van der Waals surface area contributed by atoms with Crippen molar-refractivity contribution in [1.82, 2.24) is 0 Å². The second-order valence-electron chi connectivity index (χ2n) is 3.31. The van der Waals surface area contributed by atoms with Gasteiger partial charge in [0.15, 0.2) is 0 Å². The van der Waals surface area contributed by atoms with Gasteiger partial charge in [-0.1, -0.05) is 31.0 Å². The lowest BCUT2D eigenvalue weighted by atomic mass is 10.1. The van der Waals surface area contributed by atoms with Gasteiger partial charge in [-0.2, -0.15) is 0 Å². The van der Waals surface area contributed by atoms with Gasteiger partial charge in [0.25, 0.3) is 9.05 Å². The van der Waals surface area contributed by atoms with Crippen molar-refractivity contribution in [2.45, 2.75) is 31.1 Å². The van der Waals surface area contributed by atoms with Crippen molar-refractivity contribution >= 4 is 31.3 Å². The van der Waals surface area contributed by atoms with Gasteiger partial charge in [0.2, 0.25) is 0 Å². The summed E-state index contributed by atoms with van der Waals surface area (Å²) in [6, 6.07) is 4.86. The Morgan fingerprint density at radius 1 is 1.33 bits per heavy atom. The molecule has 0 unspecified atom stereocenters. The first kappa shape index (κ1) is 12.8. The molecule has 1 rings (SSSR count). The van der Waals surface area contributed by atoms with Crippen molar-refractivity contribution in [2.75, 3.05) is 0 Å². The van der Waals surface area contributed by atoms with Gasteiger partial charge in [-0.15, -0.1) is 0 Å². The third kappa shape index (κ3) is 3.67. The summed E-state index contributed by atoms with van der Waals surface area (Å²) >= 11 is 5.83. The van der Waals surface area contributed by atoms with Gasteiger partial charge < -0.3 is 0 Å². The predicted molar refractivity (Wildman–Crippen MR) is 63.1 cm³/mol. The second-order valence-corrected chi connectivity index (χ2v) is 6.25. The average Bonchev–Trinajstić information content (AvgIpc) is 2.12. The van der Waals surface area contributed by atoms with Gasteiger partial charge in [-0.25, -0.2) is 8.42 Å². The maximum Gasteiger partial charge on any atom is 0.262 e. The molecule has 0 fully saturated rings. The third-order valence-electron chi connectivity index (χ3n) is 2.08. The van der Waals surface area contributed by atoms with Gasteiger partial charge in [0.05, 0.1) is 5.02 Å². The molecule has 0 heterocycles. The fourth-order valence-corrected chi connectivity index (χ4v) is 2.83. The van der Waals surface area contributed by atoms with Crippen LogP contribution in [0.1, 0.15) is 25.3 Å². The maximum absolute atomic E-state index is 11.1.